The van der Waals surface area contributed by atoms with Gasteiger partial charge in [0, 0.05) is 31.4 Å². The molecule has 4 heteroatoms. The molecule has 25 heavy (non-hydrogen) atoms. The average Bonchev–Trinajstić information content (AvgIpc) is 2.73. The molecule has 0 amide bonds. The standard InChI is InChI=1S/C21H30N2OS/c1-16-11-12-18-20(15-16)25-23(2)19-10-6-5-9-17(19)21(18)22-13-7-4-8-14-24-3/h5,9,11-12,15,21-22H,4,6-8,10,13-14H2,1-3H3. The molecule has 0 fully saturated rings. The Bertz CT molecular complexity index is 653. The van der Waals surface area contributed by atoms with Crippen LogP contribution in [0.15, 0.2) is 46.5 Å². The van der Waals surface area contributed by atoms with Crippen molar-refractivity contribution in [2.75, 3.05) is 27.3 Å². The minimum Gasteiger partial charge on any atom is -0.385 e. The molecule has 0 spiro atoms. The molecule has 1 aliphatic carbocycles. The molecule has 3 nitrogen and oxygen atoms in total. The maximum Gasteiger partial charge on any atom is 0.0605 e. The summed E-state index contributed by atoms with van der Waals surface area (Å²) in [5.41, 5.74) is 5.66. The molecule has 3 rings (SSSR count). The lowest BCUT2D eigenvalue weighted by atomic mass is 9.91. The predicted octanol–water partition coefficient (Wildman–Crippen LogP) is 5.00. The number of aryl methyl sites for hydroxylation is 1. The van der Waals surface area contributed by atoms with Gasteiger partial charge in [-0.05, 0) is 80.3 Å². The lowest BCUT2D eigenvalue weighted by Crippen LogP contribution is -2.26. The summed E-state index contributed by atoms with van der Waals surface area (Å²) in [7, 11) is 3.98. The molecule has 1 atom stereocenters. The molecule has 1 aromatic carbocycles. The highest BCUT2D eigenvalue weighted by molar-refractivity contribution is 7.97. The van der Waals surface area contributed by atoms with Crippen LogP contribution >= 0.6 is 11.9 Å². The van der Waals surface area contributed by atoms with Gasteiger partial charge >= 0.3 is 0 Å². The molecule has 1 aliphatic heterocycles. The second kappa shape index (κ2) is 8.93. The number of benzene rings is 1. The first kappa shape index (κ1) is 18.6. The molecule has 1 heterocycles. The number of rotatable bonds is 7. The summed E-state index contributed by atoms with van der Waals surface area (Å²) in [6, 6.07) is 7.17. The molecule has 0 aromatic heterocycles. The number of nitrogens with zero attached hydrogens (tertiary/aromatic N) is 1. The van der Waals surface area contributed by atoms with Crippen molar-refractivity contribution in [3.8, 4) is 0 Å². The highest BCUT2D eigenvalue weighted by atomic mass is 32.2. The number of hydrogen-bond acceptors (Lipinski definition) is 4. The van der Waals surface area contributed by atoms with Crippen molar-refractivity contribution >= 4 is 11.9 Å². The quantitative estimate of drug-likeness (QED) is 0.548. The zero-order chi connectivity index (χ0) is 17.6. The van der Waals surface area contributed by atoms with E-state index in [1.165, 1.54) is 40.1 Å². The van der Waals surface area contributed by atoms with Crippen LogP contribution in [0.1, 0.15) is 49.3 Å². The van der Waals surface area contributed by atoms with Crippen molar-refractivity contribution in [3.05, 3.63) is 52.7 Å². The Hall–Kier alpha value is -1.23. The third kappa shape index (κ3) is 4.49. The number of ether oxygens (including phenoxy) is 1. The summed E-state index contributed by atoms with van der Waals surface area (Å²) in [4.78, 5) is 1.38. The van der Waals surface area contributed by atoms with Gasteiger partial charge in [0.15, 0.2) is 0 Å². The second-order valence-electron chi connectivity index (χ2n) is 6.91. The number of nitrogens with one attached hydrogen (secondary N) is 1. The number of unbranched alkanes of at least 4 members (excludes halogenated alkanes) is 2. The fourth-order valence-electron chi connectivity index (χ4n) is 3.62. The van der Waals surface area contributed by atoms with Crippen LogP contribution in [0.25, 0.3) is 0 Å². The average molecular weight is 359 g/mol. The summed E-state index contributed by atoms with van der Waals surface area (Å²) in [5.74, 6) is 0. The normalized spacial score (nSPS) is 19.6. The van der Waals surface area contributed by atoms with E-state index in [0.717, 1.165) is 32.4 Å². The van der Waals surface area contributed by atoms with E-state index in [4.69, 9.17) is 4.74 Å². The third-order valence-corrected chi connectivity index (χ3v) is 6.00. The minimum atomic E-state index is 0.294. The Labute approximate surface area is 156 Å². The zero-order valence-corrected chi connectivity index (χ0v) is 16.5. The van der Waals surface area contributed by atoms with Crippen molar-refractivity contribution < 1.29 is 4.74 Å². The van der Waals surface area contributed by atoms with Crippen LogP contribution in [0.2, 0.25) is 0 Å². The molecule has 136 valence electrons. The summed E-state index contributed by atoms with van der Waals surface area (Å²) in [6.07, 6.45) is 10.5. The zero-order valence-electron chi connectivity index (χ0n) is 15.7. The van der Waals surface area contributed by atoms with Crippen LogP contribution in [0.4, 0.5) is 0 Å². The fraction of sp³-hybridized carbons (Fsp3) is 0.524. The summed E-state index contributed by atoms with van der Waals surface area (Å²) < 4.78 is 7.52. The second-order valence-corrected chi connectivity index (χ2v) is 8.08. The number of hydrogen-bond donors (Lipinski definition) is 1. The van der Waals surface area contributed by atoms with Crippen molar-refractivity contribution in [1.82, 2.24) is 9.62 Å². The first-order valence-corrected chi connectivity index (χ1v) is 10.1. The first-order chi connectivity index (χ1) is 12.2. The highest BCUT2D eigenvalue weighted by Gasteiger charge is 2.28. The Morgan fingerprint density at radius 2 is 2.16 bits per heavy atom. The van der Waals surface area contributed by atoms with Gasteiger partial charge in [-0.25, -0.2) is 0 Å². The van der Waals surface area contributed by atoms with Gasteiger partial charge in [-0.1, -0.05) is 24.3 Å². The maximum absolute atomic E-state index is 5.15. The van der Waals surface area contributed by atoms with E-state index in [1.54, 1.807) is 7.11 Å². The Kier molecular flexibility index (Phi) is 6.63. The van der Waals surface area contributed by atoms with Gasteiger partial charge in [-0.3, -0.25) is 0 Å². The van der Waals surface area contributed by atoms with Crippen LogP contribution in [0.5, 0.6) is 0 Å². The predicted molar refractivity (Wildman–Crippen MR) is 107 cm³/mol. The van der Waals surface area contributed by atoms with Gasteiger partial charge in [-0.2, -0.15) is 0 Å². The number of fused-ring (bicyclic) bond motifs is 1. The highest BCUT2D eigenvalue weighted by Crippen LogP contribution is 2.43. The van der Waals surface area contributed by atoms with E-state index in [0.29, 0.717) is 6.04 Å². The summed E-state index contributed by atoms with van der Waals surface area (Å²) >= 11 is 1.87. The van der Waals surface area contributed by atoms with Gasteiger partial charge in [0.05, 0.1) is 6.04 Å². The first-order valence-electron chi connectivity index (χ1n) is 9.35. The largest absolute Gasteiger partial charge is 0.385 e. The van der Waals surface area contributed by atoms with Gasteiger partial charge in [0.1, 0.15) is 0 Å². The van der Waals surface area contributed by atoms with Gasteiger partial charge in [0.25, 0.3) is 0 Å². The van der Waals surface area contributed by atoms with Crippen molar-refractivity contribution in [1.29, 1.82) is 0 Å². The van der Waals surface area contributed by atoms with Gasteiger partial charge < -0.3 is 14.4 Å². The van der Waals surface area contributed by atoms with E-state index in [1.807, 2.05) is 11.9 Å². The van der Waals surface area contributed by atoms with Crippen LogP contribution in [-0.2, 0) is 4.74 Å². The molecule has 1 unspecified atom stereocenters. The fourth-order valence-corrected chi connectivity index (χ4v) is 4.75. The maximum atomic E-state index is 5.15. The van der Waals surface area contributed by atoms with E-state index in [9.17, 15) is 0 Å². The lowest BCUT2D eigenvalue weighted by molar-refractivity contribution is 0.192. The smallest absolute Gasteiger partial charge is 0.0605 e. The lowest BCUT2D eigenvalue weighted by Gasteiger charge is -2.26. The Morgan fingerprint density at radius 1 is 1.28 bits per heavy atom. The third-order valence-electron chi connectivity index (χ3n) is 4.96. The molecule has 0 saturated heterocycles. The summed E-state index contributed by atoms with van der Waals surface area (Å²) in [6.45, 7) is 4.09. The van der Waals surface area contributed by atoms with Gasteiger partial charge in [-0.15, -0.1) is 0 Å². The van der Waals surface area contributed by atoms with E-state index in [2.05, 4.69) is 53.9 Å². The SMILES string of the molecule is COCCCCCNC1C2=C(CCC=C2)N(C)Sc2cc(C)ccc21. The minimum absolute atomic E-state index is 0.294. The van der Waals surface area contributed by atoms with Crippen LogP contribution in [0, 0.1) is 6.92 Å². The monoisotopic (exact) mass is 358 g/mol. The van der Waals surface area contributed by atoms with Crippen LogP contribution < -0.4 is 5.32 Å². The topological polar surface area (TPSA) is 24.5 Å². The van der Waals surface area contributed by atoms with Gasteiger partial charge in [0.2, 0.25) is 0 Å². The van der Waals surface area contributed by atoms with Crippen molar-refractivity contribution in [3.63, 3.8) is 0 Å². The Balaban J connectivity index is 1.80. The summed E-state index contributed by atoms with van der Waals surface area (Å²) in [5, 5.41) is 3.84. The van der Waals surface area contributed by atoms with E-state index >= 15 is 0 Å². The molecule has 1 N–H and O–H groups in total. The van der Waals surface area contributed by atoms with E-state index < -0.39 is 0 Å². The van der Waals surface area contributed by atoms with Crippen LogP contribution in [-0.4, -0.2) is 31.6 Å². The molecular weight excluding hydrogens is 328 g/mol. The number of allylic oxidation sites excluding steroid dienone is 2. The van der Waals surface area contributed by atoms with Crippen LogP contribution in [0.3, 0.4) is 0 Å². The molecular formula is C21H30N2OS. The molecule has 0 saturated carbocycles. The molecule has 1 aromatic rings. The van der Waals surface area contributed by atoms with Crippen molar-refractivity contribution in [2.45, 2.75) is 50.0 Å². The van der Waals surface area contributed by atoms with Crippen molar-refractivity contribution in [2.24, 2.45) is 0 Å². The van der Waals surface area contributed by atoms with E-state index in [-0.39, 0.29) is 0 Å². The molecule has 0 radical (unpaired) electrons. The molecule has 0 bridgehead atoms. The Morgan fingerprint density at radius 3 is 3.00 bits per heavy atom. The molecule has 2 aliphatic rings. The number of methoxy groups -OCH3 is 1.